The van der Waals surface area contributed by atoms with E-state index in [-0.39, 0.29) is 10.6 Å². The highest BCUT2D eigenvalue weighted by Crippen LogP contribution is 2.14. The molecule has 0 aliphatic heterocycles. The average molecular weight is 265 g/mol. The van der Waals surface area contributed by atoms with E-state index in [1.165, 1.54) is 6.33 Å². The summed E-state index contributed by atoms with van der Waals surface area (Å²) < 4.78 is 0. The first kappa shape index (κ1) is 12.6. The predicted octanol–water partition coefficient (Wildman–Crippen LogP) is 1.99. The number of H-pyrrole nitrogens is 1. The van der Waals surface area contributed by atoms with Gasteiger partial charge in [0, 0.05) is 6.20 Å². The van der Waals surface area contributed by atoms with E-state index in [1.807, 2.05) is 12.1 Å². The van der Waals surface area contributed by atoms with Gasteiger partial charge >= 0.3 is 0 Å². The van der Waals surface area contributed by atoms with Crippen LogP contribution >= 0.6 is 11.6 Å². The van der Waals surface area contributed by atoms with Crippen LogP contribution in [0.25, 0.3) is 0 Å². The van der Waals surface area contributed by atoms with Crippen molar-refractivity contribution in [3.8, 4) is 0 Å². The quantitative estimate of drug-likeness (QED) is 0.886. The number of aryl methyl sites for hydroxylation is 1. The number of nitrogens with zero attached hydrogens (tertiary/aromatic N) is 2. The summed E-state index contributed by atoms with van der Waals surface area (Å²) in [5.74, 6) is 0.369. The Bertz CT molecular complexity index is 597. The highest BCUT2D eigenvalue weighted by atomic mass is 35.5. The number of rotatable bonds is 4. The summed E-state index contributed by atoms with van der Waals surface area (Å²) in [4.78, 5) is 22.0. The van der Waals surface area contributed by atoms with E-state index in [2.05, 4.69) is 27.2 Å². The number of aromatic nitrogens is 3. The normalized spacial score (nSPS) is 10.3. The fourth-order valence-corrected chi connectivity index (χ4v) is 1.80. The Morgan fingerprint density at radius 2 is 2.28 bits per heavy atom. The summed E-state index contributed by atoms with van der Waals surface area (Å²) in [6, 6.07) is 3.93. The van der Waals surface area contributed by atoms with Crippen LogP contribution in [0.1, 0.15) is 18.2 Å². The molecule has 94 valence electrons. The van der Waals surface area contributed by atoms with Crippen molar-refractivity contribution in [1.82, 2.24) is 15.0 Å². The van der Waals surface area contributed by atoms with Gasteiger partial charge in [0.2, 0.25) is 0 Å². The zero-order chi connectivity index (χ0) is 13.0. The number of hydrogen-bond donors (Lipinski definition) is 2. The fourth-order valence-electron chi connectivity index (χ4n) is 1.63. The minimum Gasteiger partial charge on any atom is -0.363 e. The topological polar surface area (TPSA) is 70.7 Å². The van der Waals surface area contributed by atoms with Crippen LogP contribution in [0.15, 0.2) is 29.5 Å². The lowest BCUT2D eigenvalue weighted by Crippen LogP contribution is -2.12. The van der Waals surface area contributed by atoms with E-state index < -0.39 is 0 Å². The molecule has 0 amide bonds. The summed E-state index contributed by atoms with van der Waals surface area (Å²) >= 11 is 5.84. The Kier molecular flexibility index (Phi) is 3.94. The van der Waals surface area contributed by atoms with Gasteiger partial charge in [0.15, 0.2) is 5.82 Å². The van der Waals surface area contributed by atoms with E-state index >= 15 is 0 Å². The van der Waals surface area contributed by atoms with Crippen LogP contribution in [-0.2, 0) is 13.0 Å². The maximum atomic E-state index is 11.3. The minimum atomic E-state index is -0.356. The summed E-state index contributed by atoms with van der Waals surface area (Å²) in [5, 5.41) is 3.08. The third-order valence-electron chi connectivity index (χ3n) is 2.59. The minimum absolute atomic E-state index is 0.0616. The van der Waals surface area contributed by atoms with Gasteiger partial charge < -0.3 is 10.3 Å². The summed E-state index contributed by atoms with van der Waals surface area (Å²) in [6.07, 6.45) is 3.96. The first-order chi connectivity index (χ1) is 8.72. The maximum Gasteiger partial charge on any atom is 0.271 e. The van der Waals surface area contributed by atoms with Crippen LogP contribution in [0.5, 0.6) is 0 Å². The standard InChI is InChI=1S/C12H13ClN4O/c1-2-8-4-3-5-14-9(8)6-15-11-10(13)12(18)17-7-16-11/h3-5,7H,2,6H2,1H3,(H2,15,16,17,18). The summed E-state index contributed by atoms with van der Waals surface area (Å²) in [5.41, 5.74) is 1.73. The zero-order valence-corrected chi connectivity index (χ0v) is 10.7. The van der Waals surface area contributed by atoms with Crippen molar-refractivity contribution in [2.24, 2.45) is 0 Å². The summed E-state index contributed by atoms with van der Waals surface area (Å²) in [6.45, 7) is 2.55. The first-order valence-electron chi connectivity index (χ1n) is 5.62. The van der Waals surface area contributed by atoms with Gasteiger partial charge in [-0.05, 0) is 18.1 Å². The van der Waals surface area contributed by atoms with Crippen molar-refractivity contribution < 1.29 is 0 Å². The zero-order valence-electron chi connectivity index (χ0n) is 9.90. The molecular formula is C12H13ClN4O. The van der Waals surface area contributed by atoms with Gasteiger partial charge in [0.05, 0.1) is 18.6 Å². The summed E-state index contributed by atoms with van der Waals surface area (Å²) in [7, 11) is 0. The lowest BCUT2D eigenvalue weighted by Gasteiger charge is -2.09. The fraction of sp³-hybridized carbons (Fsp3) is 0.250. The van der Waals surface area contributed by atoms with Gasteiger partial charge in [0.25, 0.3) is 5.56 Å². The third-order valence-corrected chi connectivity index (χ3v) is 2.94. The van der Waals surface area contributed by atoms with Crippen molar-refractivity contribution in [2.45, 2.75) is 19.9 Å². The van der Waals surface area contributed by atoms with Crippen LogP contribution in [-0.4, -0.2) is 15.0 Å². The Labute approximate surface area is 109 Å². The second-order valence-corrected chi connectivity index (χ2v) is 4.09. The van der Waals surface area contributed by atoms with E-state index in [9.17, 15) is 4.79 Å². The highest BCUT2D eigenvalue weighted by Gasteiger charge is 2.07. The number of pyridine rings is 1. The average Bonchev–Trinajstić information content (AvgIpc) is 2.41. The molecule has 0 aliphatic rings. The molecule has 2 rings (SSSR count). The Hall–Kier alpha value is -1.88. The number of aromatic amines is 1. The number of anilines is 1. The van der Waals surface area contributed by atoms with Gasteiger partial charge in [-0.2, -0.15) is 0 Å². The molecule has 0 aliphatic carbocycles. The molecule has 0 spiro atoms. The van der Waals surface area contributed by atoms with Crippen LogP contribution < -0.4 is 10.9 Å². The molecule has 18 heavy (non-hydrogen) atoms. The molecule has 6 heteroatoms. The predicted molar refractivity (Wildman–Crippen MR) is 70.8 cm³/mol. The second kappa shape index (κ2) is 5.64. The van der Waals surface area contributed by atoms with Crippen molar-refractivity contribution >= 4 is 17.4 Å². The molecule has 0 saturated carbocycles. The van der Waals surface area contributed by atoms with Gasteiger partial charge in [-0.3, -0.25) is 9.78 Å². The first-order valence-corrected chi connectivity index (χ1v) is 6.00. The van der Waals surface area contributed by atoms with E-state index in [1.54, 1.807) is 6.20 Å². The molecule has 0 aromatic carbocycles. The van der Waals surface area contributed by atoms with Crippen molar-refractivity contribution in [3.63, 3.8) is 0 Å². The van der Waals surface area contributed by atoms with E-state index in [4.69, 9.17) is 11.6 Å². The molecule has 0 bridgehead atoms. The molecule has 2 aromatic rings. The molecule has 2 heterocycles. The number of halogens is 1. The lowest BCUT2D eigenvalue weighted by atomic mass is 10.1. The molecule has 0 fully saturated rings. The number of nitrogens with one attached hydrogen (secondary N) is 2. The largest absolute Gasteiger partial charge is 0.363 e. The van der Waals surface area contributed by atoms with Crippen LogP contribution in [0.2, 0.25) is 5.02 Å². The Balaban J connectivity index is 2.16. The van der Waals surface area contributed by atoms with Crippen LogP contribution in [0.4, 0.5) is 5.82 Å². The molecule has 0 unspecified atom stereocenters. The monoisotopic (exact) mass is 264 g/mol. The Morgan fingerprint density at radius 1 is 1.44 bits per heavy atom. The SMILES string of the molecule is CCc1cccnc1CNc1nc[nH]c(=O)c1Cl. The van der Waals surface area contributed by atoms with Gasteiger partial charge in [-0.15, -0.1) is 0 Å². The van der Waals surface area contributed by atoms with Crippen LogP contribution in [0, 0.1) is 0 Å². The van der Waals surface area contributed by atoms with Crippen molar-refractivity contribution in [2.75, 3.05) is 5.32 Å². The maximum absolute atomic E-state index is 11.3. The van der Waals surface area contributed by atoms with Gasteiger partial charge in [0.1, 0.15) is 5.02 Å². The molecule has 0 atom stereocenters. The molecule has 2 N–H and O–H groups in total. The second-order valence-electron chi connectivity index (χ2n) is 3.71. The van der Waals surface area contributed by atoms with Crippen molar-refractivity contribution in [3.05, 3.63) is 51.3 Å². The molecular weight excluding hydrogens is 252 g/mol. The smallest absolute Gasteiger partial charge is 0.271 e. The lowest BCUT2D eigenvalue weighted by molar-refractivity contribution is 0.959. The highest BCUT2D eigenvalue weighted by molar-refractivity contribution is 6.32. The van der Waals surface area contributed by atoms with Crippen LogP contribution in [0.3, 0.4) is 0 Å². The van der Waals surface area contributed by atoms with E-state index in [0.717, 1.165) is 17.7 Å². The molecule has 5 nitrogen and oxygen atoms in total. The van der Waals surface area contributed by atoms with Crippen molar-refractivity contribution in [1.29, 1.82) is 0 Å². The molecule has 0 radical (unpaired) electrons. The molecule has 0 saturated heterocycles. The number of hydrogen-bond acceptors (Lipinski definition) is 4. The third kappa shape index (κ3) is 2.68. The van der Waals surface area contributed by atoms with Gasteiger partial charge in [-0.25, -0.2) is 4.98 Å². The Morgan fingerprint density at radius 3 is 3.06 bits per heavy atom. The molecule has 2 aromatic heterocycles. The van der Waals surface area contributed by atoms with E-state index in [0.29, 0.717) is 12.4 Å². The van der Waals surface area contributed by atoms with Gasteiger partial charge in [-0.1, -0.05) is 24.6 Å².